The van der Waals surface area contributed by atoms with Gasteiger partial charge in [0.05, 0.1) is 25.3 Å². The molecule has 29 heavy (non-hydrogen) atoms. The summed E-state index contributed by atoms with van der Waals surface area (Å²) in [5, 5.41) is 8.78. The van der Waals surface area contributed by atoms with Crippen LogP contribution in [0.4, 0.5) is 20.2 Å². The molecular weight excluding hydrogens is 404 g/mol. The van der Waals surface area contributed by atoms with Crippen LogP contribution < -0.4 is 4.90 Å². The Bertz CT molecular complexity index is 989. The van der Waals surface area contributed by atoms with Crippen LogP contribution >= 0.6 is 11.6 Å². The van der Waals surface area contributed by atoms with Gasteiger partial charge in [-0.25, -0.2) is 8.78 Å². The third kappa shape index (κ3) is 4.31. The Hall–Kier alpha value is -2.77. The number of hydrogen-bond acceptors (Lipinski definition) is 5. The van der Waals surface area contributed by atoms with Crippen LogP contribution in [0.1, 0.15) is 24.5 Å². The molecule has 0 spiro atoms. The average Bonchev–Trinajstić information content (AvgIpc) is 2.83. The van der Waals surface area contributed by atoms with Crippen LogP contribution in [0.2, 0.25) is 5.02 Å². The van der Waals surface area contributed by atoms with Crippen LogP contribution in [0, 0.1) is 11.6 Å². The first-order chi connectivity index (χ1) is 13.8. The summed E-state index contributed by atoms with van der Waals surface area (Å²) >= 11 is 6.11. The number of carbonyl (C=O) groups excluding carboxylic acids is 2. The lowest BCUT2D eigenvalue weighted by Crippen LogP contribution is -2.14. The van der Waals surface area contributed by atoms with Gasteiger partial charge in [-0.15, -0.1) is 0 Å². The molecule has 152 valence electrons. The first-order valence-electron chi connectivity index (χ1n) is 8.90. The molecule has 0 amide bonds. The maximum absolute atomic E-state index is 14.2. The first-order valence-corrected chi connectivity index (χ1v) is 9.28. The molecule has 0 radical (unpaired) electrons. The van der Waals surface area contributed by atoms with E-state index in [2.05, 4.69) is 0 Å². The number of ketones is 1. The third-order valence-corrected chi connectivity index (χ3v) is 4.83. The summed E-state index contributed by atoms with van der Waals surface area (Å²) in [7, 11) is 0. The van der Waals surface area contributed by atoms with E-state index in [1.54, 1.807) is 31.2 Å². The third-order valence-electron chi connectivity index (χ3n) is 4.49. The minimum Gasteiger partial charge on any atom is -0.466 e. The molecule has 0 aromatic heterocycles. The van der Waals surface area contributed by atoms with Crippen molar-refractivity contribution in [2.45, 2.75) is 26.4 Å². The Kier molecular flexibility index (Phi) is 6.30. The zero-order chi connectivity index (χ0) is 21.1. The average molecular weight is 422 g/mol. The molecule has 0 saturated carbocycles. The number of benzene rings is 2. The fourth-order valence-corrected chi connectivity index (χ4v) is 3.39. The molecule has 0 fully saturated rings. The summed E-state index contributed by atoms with van der Waals surface area (Å²) in [5.41, 5.74) is 1.58. The molecule has 0 unspecified atom stereocenters. The molecule has 1 N–H and O–H groups in total. The van der Waals surface area contributed by atoms with Crippen molar-refractivity contribution in [3.8, 4) is 0 Å². The van der Waals surface area contributed by atoms with Crippen molar-refractivity contribution in [3.05, 3.63) is 69.9 Å². The summed E-state index contributed by atoms with van der Waals surface area (Å²) < 4.78 is 33.1. The molecule has 8 heteroatoms. The van der Waals surface area contributed by atoms with Gasteiger partial charge in [0.15, 0.2) is 17.4 Å². The van der Waals surface area contributed by atoms with Crippen molar-refractivity contribution in [1.82, 2.24) is 0 Å². The standard InChI is InChI=1S/C21H18ClF2NO4/c1-2-29-18(28)9-14-10-25(15-5-3-12(11-26)4-6-15)21-13(8-17(14)27)7-16(23)20(24)19(21)22/h3-7,10,26H,2,8-9,11H2,1H3. The number of anilines is 2. The Morgan fingerprint density at radius 1 is 1.28 bits per heavy atom. The van der Waals surface area contributed by atoms with Crippen LogP contribution in [-0.2, 0) is 27.4 Å². The van der Waals surface area contributed by atoms with E-state index in [0.29, 0.717) is 11.3 Å². The first kappa shape index (κ1) is 21.0. The topological polar surface area (TPSA) is 66.8 Å². The normalized spacial score (nSPS) is 13.6. The van der Waals surface area contributed by atoms with Crippen molar-refractivity contribution in [2.75, 3.05) is 11.5 Å². The van der Waals surface area contributed by atoms with Gasteiger partial charge in [0.1, 0.15) is 5.02 Å². The number of aliphatic hydroxyl groups is 1. The highest BCUT2D eigenvalue weighted by molar-refractivity contribution is 6.34. The van der Waals surface area contributed by atoms with Gasteiger partial charge in [0, 0.05) is 23.9 Å². The second kappa shape index (κ2) is 8.71. The Labute approximate surface area is 171 Å². The molecule has 0 saturated heterocycles. The second-order valence-corrected chi connectivity index (χ2v) is 6.80. The van der Waals surface area contributed by atoms with E-state index >= 15 is 0 Å². The van der Waals surface area contributed by atoms with Gasteiger partial charge in [-0.3, -0.25) is 9.59 Å². The number of nitrogens with zero attached hydrogens (tertiary/aromatic N) is 1. The Morgan fingerprint density at radius 3 is 2.59 bits per heavy atom. The quantitative estimate of drug-likeness (QED) is 0.578. The molecule has 0 aliphatic carbocycles. The molecule has 1 aliphatic heterocycles. The molecular formula is C21H18ClF2NO4. The number of halogens is 3. The van der Waals surface area contributed by atoms with Crippen molar-refractivity contribution >= 4 is 34.7 Å². The highest BCUT2D eigenvalue weighted by Gasteiger charge is 2.29. The number of esters is 1. The van der Waals surface area contributed by atoms with E-state index in [-0.39, 0.29) is 42.9 Å². The SMILES string of the molecule is CCOC(=O)CC1=CN(c2ccc(CO)cc2)c2c(cc(F)c(F)c2Cl)CC1=O. The monoisotopic (exact) mass is 421 g/mol. The van der Waals surface area contributed by atoms with Crippen molar-refractivity contribution in [1.29, 1.82) is 0 Å². The molecule has 2 aromatic carbocycles. The molecule has 0 atom stereocenters. The summed E-state index contributed by atoms with van der Waals surface area (Å²) in [6, 6.07) is 7.51. The van der Waals surface area contributed by atoms with E-state index < -0.39 is 28.4 Å². The zero-order valence-corrected chi connectivity index (χ0v) is 16.3. The number of rotatable bonds is 5. The van der Waals surface area contributed by atoms with Gasteiger partial charge in [-0.05, 0) is 36.2 Å². The van der Waals surface area contributed by atoms with Crippen LogP contribution in [0.15, 0.2) is 42.1 Å². The lowest BCUT2D eigenvalue weighted by molar-refractivity contribution is -0.142. The number of Topliss-reactive ketones (excluding diaryl/α,β-unsaturated/α-hetero) is 1. The zero-order valence-electron chi connectivity index (χ0n) is 15.5. The van der Waals surface area contributed by atoms with Gasteiger partial charge in [-0.2, -0.15) is 0 Å². The Balaban J connectivity index is 2.17. The van der Waals surface area contributed by atoms with Crippen molar-refractivity contribution in [3.63, 3.8) is 0 Å². The van der Waals surface area contributed by atoms with Crippen LogP contribution in [-0.4, -0.2) is 23.5 Å². The van der Waals surface area contributed by atoms with Gasteiger partial charge in [0.25, 0.3) is 0 Å². The maximum Gasteiger partial charge on any atom is 0.310 e. The fourth-order valence-electron chi connectivity index (χ4n) is 3.09. The number of carbonyl (C=O) groups is 2. The molecule has 1 heterocycles. The molecule has 0 bridgehead atoms. The van der Waals surface area contributed by atoms with E-state index in [1.807, 2.05) is 0 Å². The lowest BCUT2D eigenvalue weighted by atomic mass is 10.0. The van der Waals surface area contributed by atoms with E-state index in [4.69, 9.17) is 16.3 Å². The molecule has 2 aromatic rings. The van der Waals surface area contributed by atoms with E-state index in [0.717, 1.165) is 6.07 Å². The molecule has 5 nitrogen and oxygen atoms in total. The number of ether oxygens (including phenoxy) is 1. The predicted molar refractivity (Wildman–Crippen MR) is 104 cm³/mol. The molecule has 3 rings (SSSR count). The van der Waals surface area contributed by atoms with Crippen molar-refractivity contribution in [2.24, 2.45) is 0 Å². The summed E-state index contributed by atoms with van der Waals surface area (Å²) in [4.78, 5) is 26.1. The highest BCUT2D eigenvalue weighted by Crippen LogP contribution is 2.41. The minimum absolute atomic E-state index is 0.120. The predicted octanol–water partition coefficient (Wildman–Crippen LogP) is 4.21. The summed E-state index contributed by atoms with van der Waals surface area (Å²) in [6.07, 6.45) is 0.861. The smallest absolute Gasteiger partial charge is 0.310 e. The van der Waals surface area contributed by atoms with Crippen LogP contribution in [0.3, 0.4) is 0 Å². The van der Waals surface area contributed by atoms with Gasteiger partial charge < -0.3 is 14.7 Å². The van der Waals surface area contributed by atoms with Crippen molar-refractivity contribution < 1.29 is 28.2 Å². The van der Waals surface area contributed by atoms with E-state index in [9.17, 15) is 23.5 Å². The van der Waals surface area contributed by atoms with Gasteiger partial charge in [0.2, 0.25) is 0 Å². The van der Waals surface area contributed by atoms with Gasteiger partial charge in [-0.1, -0.05) is 23.7 Å². The summed E-state index contributed by atoms with van der Waals surface area (Å²) in [5.74, 6) is -3.39. The summed E-state index contributed by atoms with van der Waals surface area (Å²) in [6.45, 7) is 1.65. The number of aliphatic hydroxyl groups excluding tert-OH is 1. The number of hydrogen-bond donors (Lipinski definition) is 1. The molecule has 1 aliphatic rings. The van der Waals surface area contributed by atoms with Crippen LogP contribution in [0.5, 0.6) is 0 Å². The maximum atomic E-state index is 14.2. The number of fused-ring (bicyclic) bond motifs is 1. The van der Waals surface area contributed by atoms with Crippen LogP contribution in [0.25, 0.3) is 0 Å². The fraction of sp³-hybridized carbons (Fsp3) is 0.238. The van der Waals surface area contributed by atoms with E-state index in [1.165, 1.54) is 11.1 Å². The Morgan fingerprint density at radius 2 is 1.97 bits per heavy atom. The minimum atomic E-state index is -1.22. The largest absolute Gasteiger partial charge is 0.466 e. The lowest BCUT2D eigenvalue weighted by Gasteiger charge is -2.24. The van der Waals surface area contributed by atoms with Gasteiger partial charge >= 0.3 is 5.97 Å². The second-order valence-electron chi connectivity index (χ2n) is 6.42. The highest BCUT2D eigenvalue weighted by atomic mass is 35.5.